The van der Waals surface area contributed by atoms with Crippen molar-refractivity contribution in [3.8, 4) is 0 Å². The van der Waals surface area contributed by atoms with E-state index in [1.165, 1.54) is 30.3 Å². The van der Waals surface area contributed by atoms with E-state index in [1.807, 2.05) is 0 Å². The summed E-state index contributed by atoms with van der Waals surface area (Å²) in [6.07, 6.45) is -0.137. The fraction of sp³-hybridized carbons (Fsp3) is 0.167. The standard InChI is InChI=1S/C18H14ClF2N3O2S/c19-11-4-3-6-12(20)10(11)9-22-16(25)8-15-17(26)24-18(27-15)23-14-7-2-1-5-13(14)21/h1-7,15H,8-9H2,(H,22,25)(H,23,24,26). The number of halogens is 3. The average Bonchev–Trinajstić information content (AvgIpc) is 2.95. The molecule has 140 valence electrons. The Hall–Kier alpha value is -2.45. The van der Waals surface area contributed by atoms with Gasteiger partial charge in [-0.25, -0.2) is 8.78 Å². The lowest BCUT2D eigenvalue weighted by Gasteiger charge is -2.10. The first-order valence-electron chi connectivity index (χ1n) is 7.94. The minimum Gasteiger partial charge on any atom is -0.352 e. The normalized spacial score (nSPS) is 16.2. The summed E-state index contributed by atoms with van der Waals surface area (Å²) in [6, 6.07) is 10.2. The first-order valence-corrected chi connectivity index (χ1v) is 9.20. The Morgan fingerprint density at radius 1 is 1.15 bits per heavy atom. The number of nitrogens with one attached hydrogen (secondary N) is 2. The highest BCUT2D eigenvalue weighted by atomic mass is 35.5. The highest BCUT2D eigenvalue weighted by Crippen LogP contribution is 2.27. The summed E-state index contributed by atoms with van der Waals surface area (Å²) in [7, 11) is 0. The van der Waals surface area contributed by atoms with Gasteiger partial charge in [0.2, 0.25) is 5.91 Å². The van der Waals surface area contributed by atoms with Crippen LogP contribution in [0.3, 0.4) is 0 Å². The van der Waals surface area contributed by atoms with Gasteiger partial charge in [0.15, 0.2) is 5.17 Å². The molecule has 2 N–H and O–H groups in total. The summed E-state index contributed by atoms with van der Waals surface area (Å²) in [5.41, 5.74) is 0.368. The Morgan fingerprint density at radius 3 is 2.63 bits per heavy atom. The molecule has 3 rings (SSSR count). The van der Waals surface area contributed by atoms with Crippen molar-refractivity contribution in [2.45, 2.75) is 18.2 Å². The number of anilines is 1. The smallest absolute Gasteiger partial charge is 0.262 e. The van der Waals surface area contributed by atoms with Crippen molar-refractivity contribution >= 4 is 46.0 Å². The van der Waals surface area contributed by atoms with Crippen LogP contribution in [0.4, 0.5) is 14.5 Å². The van der Waals surface area contributed by atoms with Crippen LogP contribution in [0.15, 0.2) is 47.5 Å². The Bertz CT molecular complexity index is 903. The van der Waals surface area contributed by atoms with E-state index in [4.69, 9.17) is 11.6 Å². The van der Waals surface area contributed by atoms with Gasteiger partial charge in [-0.15, -0.1) is 0 Å². The van der Waals surface area contributed by atoms with Gasteiger partial charge in [0.05, 0.1) is 5.69 Å². The number of rotatable bonds is 5. The van der Waals surface area contributed by atoms with Gasteiger partial charge >= 0.3 is 0 Å². The van der Waals surface area contributed by atoms with Gasteiger partial charge in [-0.05, 0) is 24.3 Å². The summed E-state index contributed by atoms with van der Waals surface area (Å²) >= 11 is 6.95. The SMILES string of the molecule is O=C(CC1SC(Nc2ccccc2F)=NC1=O)NCc1c(F)cccc1Cl. The molecule has 9 heteroatoms. The van der Waals surface area contributed by atoms with Crippen LogP contribution in [-0.2, 0) is 16.1 Å². The fourth-order valence-corrected chi connectivity index (χ4v) is 3.58. The number of nitrogens with zero attached hydrogens (tertiary/aromatic N) is 1. The molecular weight excluding hydrogens is 396 g/mol. The summed E-state index contributed by atoms with van der Waals surface area (Å²) in [6.45, 7) is -0.0862. The van der Waals surface area contributed by atoms with Crippen LogP contribution in [0.5, 0.6) is 0 Å². The predicted octanol–water partition coefficient (Wildman–Crippen LogP) is 3.73. The molecule has 1 aliphatic heterocycles. The molecule has 1 heterocycles. The molecule has 0 saturated heterocycles. The van der Waals surface area contributed by atoms with Gasteiger partial charge in [-0.1, -0.05) is 41.6 Å². The summed E-state index contributed by atoms with van der Waals surface area (Å²) in [5.74, 6) is -1.93. The molecule has 0 spiro atoms. The van der Waals surface area contributed by atoms with Crippen LogP contribution in [0.2, 0.25) is 5.02 Å². The number of thioether (sulfide) groups is 1. The monoisotopic (exact) mass is 409 g/mol. The van der Waals surface area contributed by atoms with Gasteiger partial charge in [-0.3, -0.25) is 9.59 Å². The van der Waals surface area contributed by atoms with E-state index in [1.54, 1.807) is 12.1 Å². The molecule has 0 bridgehead atoms. The number of aliphatic imine (C=N–C) groups is 1. The van der Waals surface area contributed by atoms with E-state index < -0.39 is 28.7 Å². The first-order chi connectivity index (χ1) is 12.9. The molecule has 5 nitrogen and oxygen atoms in total. The molecule has 2 amide bonds. The Morgan fingerprint density at radius 2 is 1.89 bits per heavy atom. The van der Waals surface area contributed by atoms with Crippen LogP contribution < -0.4 is 10.6 Å². The van der Waals surface area contributed by atoms with Gasteiger partial charge in [-0.2, -0.15) is 4.99 Å². The molecular formula is C18H14ClF2N3O2S. The van der Waals surface area contributed by atoms with Gasteiger partial charge in [0.25, 0.3) is 5.91 Å². The molecule has 2 aromatic carbocycles. The number of carbonyl (C=O) groups is 2. The minimum atomic E-state index is -0.727. The summed E-state index contributed by atoms with van der Waals surface area (Å²) in [4.78, 5) is 27.9. The lowest BCUT2D eigenvalue weighted by molar-refractivity contribution is -0.124. The third kappa shape index (κ3) is 4.84. The number of para-hydroxylation sites is 1. The Labute approximate surface area is 163 Å². The van der Waals surface area contributed by atoms with Crippen molar-refractivity contribution in [2.75, 3.05) is 5.32 Å². The van der Waals surface area contributed by atoms with Crippen LogP contribution in [0.25, 0.3) is 0 Å². The van der Waals surface area contributed by atoms with Gasteiger partial charge < -0.3 is 10.6 Å². The highest BCUT2D eigenvalue weighted by Gasteiger charge is 2.31. The van der Waals surface area contributed by atoms with Gasteiger partial charge in [0, 0.05) is 23.6 Å². The molecule has 27 heavy (non-hydrogen) atoms. The van der Waals surface area contributed by atoms with Crippen LogP contribution in [0.1, 0.15) is 12.0 Å². The Balaban J connectivity index is 1.54. The molecule has 0 saturated carbocycles. The summed E-state index contributed by atoms with van der Waals surface area (Å²) < 4.78 is 27.4. The van der Waals surface area contributed by atoms with E-state index in [-0.39, 0.29) is 34.4 Å². The maximum atomic E-state index is 13.7. The van der Waals surface area contributed by atoms with Crippen molar-refractivity contribution in [3.63, 3.8) is 0 Å². The zero-order chi connectivity index (χ0) is 19.4. The van der Waals surface area contributed by atoms with Crippen molar-refractivity contribution in [1.82, 2.24) is 5.32 Å². The van der Waals surface area contributed by atoms with Crippen molar-refractivity contribution in [1.29, 1.82) is 0 Å². The molecule has 1 atom stereocenters. The van der Waals surface area contributed by atoms with E-state index in [2.05, 4.69) is 15.6 Å². The molecule has 2 aromatic rings. The summed E-state index contributed by atoms with van der Waals surface area (Å²) in [5, 5.41) is 4.98. The maximum Gasteiger partial charge on any atom is 0.262 e. The lowest BCUT2D eigenvalue weighted by atomic mass is 10.2. The van der Waals surface area contributed by atoms with E-state index in [0.717, 1.165) is 11.8 Å². The number of hydrogen-bond acceptors (Lipinski definition) is 4. The van der Waals surface area contributed by atoms with E-state index >= 15 is 0 Å². The minimum absolute atomic E-state index is 0.0862. The van der Waals surface area contributed by atoms with E-state index in [0.29, 0.717) is 0 Å². The molecule has 1 unspecified atom stereocenters. The largest absolute Gasteiger partial charge is 0.352 e. The number of carbonyl (C=O) groups excluding carboxylic acids is 2. The fourth-order valence-electron chi connectivity index (χ4n) is 2.38. The number of amides is 2. The number of amidine groups is 1. The second kappa shape index (κ2) is 8.49. The third-order valence-electron chi connectivity index (χ3n) is 3.75. The number of benzene rings is 2. The van der Waals surface area contributed by atoms with E-state index in [9.17, 15) is 18.4 Å². The average molecular weight is 410 g/mol. The Kier molecular flexibility index (Phi) is 6.08. The second-order valence-corrected chi connectivity index (χ2v) is 7.25. The molecule has 0 radical (unpaired) electrons. The second-order valence-electron chi connectivity index (χ2n) is 5.65. The quantitative estimate of drug-likeness (QED) is 0.789. The van der Waals surface area contributed by atoms with Crippen LogP contribution in [0, 0.1) is 11.6 Å². The van der Waals surface area contributed by atoms with Crippen molar-refractivity contribution in [2.24, 2.45) is 4.99 Å². The predicted molar refractivity (Wildman–Crippen MR) is 102 cm³/mol. The molecule has 0 fully saturated rings. The van der Waals surface area contributed by atoms with Crippen LogP contribution in [-0.4, -0.2) is 22.2 Å². The zero-order valence-corrected chi connectivity index (χ0v) is 15.4. The maximum absolute atomic E-state index is 13.7. The zero-order valence-electron chi connectivity index (χ0n) is 13.8. The molecule has 0 aromatic heterocycles. The van der Waals surface area contributed by atoms with Crippen molar-refractivity contribution in [3.05, 3.63) is 64.7 Å². The third-order valence-corrected chi connectivity index (χ3v) is 5.17. The van der Waals surface area contributed by atoms with Crippen LogP contribution >= 0.6 is 23.4 Å². The molecule has 0 aliphatic carbocycles. The first kappa shape index (κ1) is 19.3. The topological polar surface area (TPSA) is 70.6 Å². The van der Waals surface area contributed by atoms with Gasteiger partial charge in [0.1, 0.15) is 16.9 Å². The number of hydrogen-bond donors (Lipinski definition) is 2. The lowest BCUT2D eigenvalue weighted by Crippen LogP contribution is -2.28. The highest BCUT2D eigenvalue weighted by molar-refractivity contribution is 8.15. The molecule has 1 aliphatic rings. The van der Waals surface area contributed by atoms with Crippen molar-refractivity contribution < 1.29 is 18.4 Å².